The molecule has 1 atom stereocenters. The number of hydrogen-bond donors (Lipinski definition) is 2. The molecule has 0 aliphatic heterocycles. The summed E-state index contributed by atoms with van der Waals surface area (Å²) in [6, 6.07) is 8.07. The molecular weight excluding hydrogens is 274 g/mol. The lowest BCUT2D eigenvalue weighted by Crippen LogP contribution is -2.27. The van der Waals surface area contributed by atoms with E-state index < -0.39 is 10.0 Å². The SMILES string of the molecule is Cc1ccc(S(=O)(=O)NC(C)c2ccncc2)c(N)c1. The van der Waals surface area contributed by atoms with E-state index in [1.807, 2.05) is 6.92 Å². The van der Waals surface area contributed by atoms with E-state index in [0.717, 1.165) is 11.1 Å². The highest BCUT2D eigenvalue weighted by molar-refractivity contribution is 7.89. The predicted molar refractivity (Wildman–Crippen MR) is 78.6 cm³/mol. The average Bonchev–Trinajstić information content (AvgIpc) is 2.38. The van der Waals surface area contributed by atoms with E-state index in [0.29, 0.717) is 0 Å². The summed E-state index contributed by atoms with van der Waals surface area (Å²) < 4.78 is 27.3. The number of nitrogens with one attached hydrogen (secondary N) is 1. The summed E-state index contributed by atoms with van der Waals surface area (Å²) in [6.07, 6.45) is 3.25. The Morgan fingerprint density at radius 3 is 2.45 bits per heavy atom. The third kappa shape index (κ3) is 3.15. The van der Waals surface area contributed by atoms with Crippen molar-refractivity contribution in [3.63, 3.8) is 0 Å². The first-order valence-corrected chi connectivity index (χ1v) is 7.67. The lowest BCUT2D eigenvalue weighted by Gasteiger charge is -2.15. The molecule has 1 heterocycles. The summed E-state index contributed by atoms with van der Waals surface area (Å²) in [5, 5.41) is 0. The van der Waals surface area contributed by atoms with Gasteiger partial charge in [0.2, 0.25) is 10.0 Å². The predicted octanol–water partition coefficient (Wildman–Crippen LogP) is 2.01. The number of benzene rings is 1. The fourth-order valence-corrected chi connectivity index (χ4v) is 3.27. The molecule has 0 saturated heterocycles. The van der Waals surface area contributed by atoms with Crippen molar-refractivity contribution in [2.24, 2.45) is 0 Å². The first kappa shape index (κ1) is 14.5. The summed E-state index contributed by atoms with van der Waals surface area (Å²) >= 11 is 0. The number of sulfonamides is 1. The fraction of sp³-hybridized carbons (Fsp3) is 0.214. The number of anilines is 1. The van der Waals surface area contributed by atoms with Gasteiger partial charge in [0.15, 0.2) is 0 Å². The minimum absolute atomic E-state index is 0.101. The Bertz CT molecular complexity index is 700. The van der Waals surface area contributed by atoms with E-state index in [4.69, 9.17) is 5.73 Å². The van der Waals surface area contributed by atoms with Crippen LogP contribution in [0.1, 0.15) is 24.1 Å². The summed E-state index contributed by atoms with van der Waals surface area (Å²) in [5.41, 5.74) is 7.80. The zero-order chi connectivity index (χ0) is 14.8. The van der Waals surface area contributed by atoms with Crippen LogP contribution >= 0.6 is 0 Å². The minimum Gasteiger partial charge on any atom is -0.398 e. The second-order valence-electron chi connectivity index (χ2n) is 4.66. The molecule has 6 heteroatoms. The molecule has 106 valence electrons. The number of nitrogens with zero attached hydrogens (tertiary/aromatic N) is 1. The van der Waals surface area contributed by atoms with Crippen molar-refractivity contribution in [2.45, 2.75) is 24.8 Å². The van der Waals surface area contributed by atoms with E-state index in [2.05, 4.69) is 9.71 Å². The maximum atomic E-state index is 12.3. The Kier molecular flexibility index (Phi) is 4.06. The molecule has 1 aromatic heterocycles. The van der Waals surface area contributed by atoms with Crippen LogP contribution in [-0.4, -0.2) is 13.4 Å². The van der Waals surface area contributed by atoms with E-state index in [9.17, 15) is 8.42 Å². The van der Waals surface area contributed by atoms with E-state index in [-0.39, 0.29) is 16.6 Å². The van der Waals surface area contributed by atoms with Crippen molar-refractivity contribution in [3.05, 3.63) is 53.9 Å². The first-order chi connectivity index (χ1) is 9.40. The van der Waals surface area contributed by atoms with Gasteiger partial charge in [0.25, 0.3) is 0 Å². The van der Waals surface area contributed by atoms with Crippen molar-refractivity contribution in [2.75, 3.05) is 5.73 Å². The van der Waals surface area contributed by atoms with Crippen LogP contribution in [0.5, 0.6) is 0 Å². The summed E-state index contributed by atoms with van der Waals surface area (Å²) in [6.45, 7) is 3.64. The van der Waals surface area contributed by atoms with Crippen molar-refractivity contribution in [3.8, 4) is 0 Å². The number of hydrogen-bond acceptors (Lipinski definition) is 4. The summed E-state index contributed by atoms with van der Waals surface area (Å²) in [4.78, 5) is 4.01. The Morgan fingerprint density at radius 2 is 1.85 bits per heavy atom. The lowest BCUT2D eigenvalue weighted by atomic mass is 10.1. The van der Waals surface area contributed by atoms with Gasteiger partial charge in [-0.2, -0.15) is 0 Å². The molecule has 0 aliphatic rings. The van der Waals surface area contributed by atoms with E-state index in [1.165, 1.54) is 6.07 Å². The van der Waals surface area contributed by atoms with Gasteiger partial charge in [-0.05, 0) is 49.2 Å². The van der Waals surface area contributed by atoms with Crippen molar-refractivity contribution in [1.29, 1.82) is 0 Å². The highest BCUT2D eigenvalue weighted by atomic mass is 32.2. The second-order valence-corrected chi connectivity index (χ2v) is 6.35. The van der Waals surface area contributed by atoms with Gasteiger partial charge in [0.1, 0.15) is 4.90 Å². The number of rotatable bonds is 4. The molecule has 0 spiro atoms. The van der Waals surface area contributed by atoms with Gasteiger partial charge in [0.05, 0.1) is 5.69 Å². The topological polar surface area (TPSA) is 85.1 Å². The molecule has 2 aromatic rings. The van der Waals surface area contributed by atoms with Gasteiger partial charge < -0.3 is 5.73 Å². The average molecular weight is 291 g/mol. The van der Waals surface area contributed by atoms with Crippen molar-refractivity contribution < 1.29 is 8.42 Å². The number of aryl methyl sites for hydroxylation is 1. The van der Waals surface area contributed by atoms with Crippen LogP contribution in [0.15, 0.2) is 47.6 Å². The second kappa shape index (κ2) is 5.60. The molecule has 0 radical (unpaired) electrons. The normalized spacial score (nSPS) is 13.1. The maximum absolute atomic E-state index is 12.3. The molecule has 1 aromatic carbocycles. The standard InChI is InChI=1S/C14H17N3O2S/c1-10-3-4-14(13(15)9-10)20(18,19)17-11(2)12-5-7-16-8-6-12/h3-9,11,17H,15H2,1-2H3. The molecule has 0 aliphatic carbocycles. The van der Waals surface area contributed by atoms with Crippen LogP contribution in [0.25, 0.3) is 0 Å². The highest BCUT2D eigenvalue weighted by Crippen LogP contribution is 2.22. The molecule has 0 amide bonds. The number of nitrogens with two attached hydrogens (primary N) is 1. The van der Waals surface area contributed by atoms with Gasteiger partial charge in [-0.3, -0.25) is 4.98 Å². The third-order valence-corrected chi connectivity index (χ3v) is 4.61. The molecule has 1 unspecified atom stereocenters. The number of nitrogen functional groups attached to an aromatic ring is 1. The van der Waals surface area contributed by atoms with Gasteiger partial charge in [-0.1, -0.05) is 6.07 Å². The van der Waals surface area contributed by atoms with Crippen molar-refractivity contribution >= 4 is 15.7 Å². The zero-order valence-corrected chi connectivity index (χ0v) is 12.2. The van der Waals surface area contributed by atoms with Crippen LogP contribution in [0.4, 0.5) is 5.69 Å². The Balaban J connectivity index is 2.28. The molecule has 0 fully saturated rings. The fourth-order valence-electron chi connectivity index (χ4n) is 1.93. The van der Waals surface area contributed by atoms with Crippen LogP contribution < -0.4 is 10.5 Å². The van der Waals surface area contributed by atoms with Gasteiger partial charge in [-0.25, -0.2) is 13.1 Å². The smallest absolute Gasteiger partial charge is 0.243 e. The van der Waals surface area contributed by atoms with Gasteiger partial charge >= 0.3 is 0 Å². The van der Waals surface area contributed by atoms with Gasteiger partial charge in [-0.15, -0.1) is 0 Å². The molecular formula is C14H17N3O2S. The molecule has 5 nitrogen and oxygen atoms in total. The highest BCUT2D eigenvalue weighted by Gasteiger charge is 2.20. The van der Waals surface area contributed by atoms with Crippen LogP contribution in [0, 0.1) is 6.92 Å². The lowest BCUT2D eigenvalue weighted by molar-refractivity contribution is 0.567. The van der Waals surface area contributed by atoms with Crippen LogP contribution in [-0.2, 0) is 10.0 Å². The Labute approximate surface area is 118 Å². The van der Waals surface area contributed by atoms with Crippen LogP contribution in [0.2, 0.25) is 0 Å². The maximum Gasteiger partial charge on any atom is 0.243 e. The number of aromatic nitrogens is 1. The Hall–Kier alpha value is -1.92. The zero-order valence-electron chi connectivity index (χ0n) is 11.4. The monoisotopic (exact) mass is 291 g/mol. The van der Waals surface area contributed by atoms with E-state index >= 15 is 0 Å². The van der Waals surface area contributed by atoms with Gasteiger partial charge in [0, 0.05) is 18.4 Å². The minimum atomic E-state index is -3.65. The summed E-state index contributed by atoms with van der Waals surface area (Å²) in [5.74, 6) is 0. The molecule has 2 rings (SSSR count). The van der Waals surface area contributed by atoms with Crippen molar-refractivity contribution in [1.82, 2.24) is 9.71 Å². The summed E-state index contributed by atoms with van der Waals surface area (Å²) in [7, 11) is -3.65. The molecule has 20 heavy (non-hydrogen) atoms. The molecule has 3 N–H and O–H groups in total. The molecule has 0 bridgehead atoms. The molecule has 0 saturated carbocycles. The quantitative estimate of drug-likeness (QED) is 0.844. The first-order valence-electron chi connectivity index (χ1n) is 6.18. The van der Waals surface area contributed by atoms with E-state index in [1.54, 1.807) is 43.6 Å². The largest absolute Gasteiger partial charge is 0.398 e. The third-order valence-electron chi connectivity index (χ3n) is 2.99. The van der Waals surface area contributed by atoms with Crippen LogP contribution in [0.3, 0.4) is 0 Å². The Morgan fingerprint density at radius 1 is 1.20 bits per heavy atom. The number of pyridine rings is 1.